The number of carbonyl (C=O) groups excluding carboxylic acids is 2. The van der Waals surface area contributed by atoms with Crippen molar-refractivity contribution in [2.75, 3.05) is 26.3 Å². The third-order valence-corrected chi connectivity index (χ3v) is 5.42. The highest BCUT2D eigenvalue weighted by Gasteiger charge is 2.25. The van der Waals surface area contributed by atoms with E-state index in [4.69, 9.17) is 13.9 Å². The van der Waals surface area contributed by atoms with E-state index in [0.717, 1.165) is 58.2 Å². The van der Waals surface area contributed by atoms with Crippen LogP contribution in [0, 0.1) is 0 Å². The monoisotopic (exact) mass is 407 g/mol. The Morgan fingerprint density at radius 2 is 1.93 bits per heavy atom. The average molecular weight is 408 g/mol. The molecule has 1 aromatic rings. The predicted molar refractivity (Wildman–Crippen MR) is 106 cm³/mol. The largest absolute Gasteiger partial charge is 0.446 e. The molecule has 2 saturated heterocycles. The summed E-state index contributed by atoms with van der Waals surface area (Å²) < 4.78 is 16.7. The first-order chi connectivity index (χ1) is 14.2. The summed E-state index contributed by atoms with van der Waals surface area (Å²) in [5.74, 6) is 0.168. The van der Waals surface area contributed by atoms with Gasteiger partial charge in [0.1, 0.15) is 6.26 Å². The van der Waals surface area contributed by atoms with Crippen molar-refractivity contribution in [2.24, 2.45) is 0 Å². The number of rotatable bonds is 11. The summed E-state index contributed by atoms with van der Waals surface area (Å²) >= 11 is 0. The topological polar surface area (TPSA) is 93.9 Å². The molecule has 0 aromatic carbocycles. The zero-order valence-electron chi connectivity index (χ0n) is 17.4. The first-order valence-corrected chi connectivity index (χ1v) is 10.9. The summed E-state index contributed by atoms with van der Waals surface area (Å²) in [6.45, 7) is 4.88. The van der Waals surface area contributed by atoms with Crippen LogP contribution in [0.2, 0.25) is 0 Å². The highest BCUT2D eigenvalue weighted by atomic mass is 16.5. The van der Waals surface area contributed by atoms with E-state index in [2.05, 4.69) is 17.2 Å². The lowest BCUT2D eigenvalue weighted by molar-refractivity contribution is -0.133. The maximum absolute atomic E-state index is 12.7. The molecular formula is C21H33N3O5. The van der Waals surface area contributed by atoms with E-state index in [9.17, 15) is 9.59 Å². The quantitative estimate of drug-likeness (QED) is 0.567. The maximum atomic E-state index is 12.7. The van der Waals surface area contributed by atoms with E-state index >= 15 is 0 Å². The Labute approximate surface area is 172 Å². The van der Waals surface area contributed by atoms with Crippen molar-refractivity contribution in [3.05, 3.63) is 17.8 Å². The number of amides is 2. The van der Waals surface area contributed by atoms with E-state index in [1.807, 2.05) is 0 Å². The second-order valence-electron chi connectivity index (χ2n) is 7.84. The molecule has 0 radical (unpaired) electrons. The molecule has 0 saturated carbocycles. The Morgan fingerprint density at radius 3 is 2.62 bits per heavy atom. The summed E-state index contributed by atoms with van der Waals surface area (Å²) in [5, 5.41) is 2.84. The normalized spacial score (nSPS) is 21.4. The number of hydrogen-bond donors (Lipinski definition) is 1. The van der Waals surface area contributed by atoms with Crippen LogP contribution in [0.15, 0.2) is 10.7 Å². The minimum atomic E-state index is -0.282. The van der Waals surface area contributed by atoms with Crippen LogP contribution in [0.25, 0.3) is 0 Å². The number of unbranched alkanes of at least 4 members (excludes halogenated alkanes) is 2. The van der Waals surface area contributed by atoms with Crippen LogP contribution in [-0.4, -0.2) is 60.2 Å². The van der Waals surface area contributed by atoms with Gasteiger partial charge in [0.25, 0.3) is 5.91 Å². The zero-order chi connectivity index (χ0) is 20.5. The van der Waals surface area contributed by atoms with Gasteiger partial charge in [0, 0.05) is 32.7 Å². The molecule has 0 aliphatic carbocycles. The first-order valence-electron chi connectivity index (χ1n) is 10.9. The molecule has 3 heterocycles. The van der Waals surface area contributed by atoms with E-state index in [0.29, 0.717) is 25.4 Å². The fraction of sp³-hybridized carbons (Fsp3) is 0.762. The molecule has 1 aromatic heterocycles. The van der Waals surface area contributed by atoms with Crippen molar-refractivity contribution in [1.82, 2.24) is 15.2 Å². The van der Waals surface area contributed by atoms with Gasteiger partial charge in [-0.3, -0.25) is 9.59 Å². The van der Waals surface area contributed by atoms with Crippen molar-refractivity contribution < 1.29 is 23.5 Å². The highest BCUT2D eigenvalue weighted by Crippen LogP contribution is 2.17. The van der Waals surface area contributed by atoms with E-state index in [1.165, 1.54) is 6.26 Å². The van der Waals surface area contributed by atoms with Gasteiger partial charge in [0.15, 0.2) is 5.69 Å². The number of carbonyl (C=O) groups is 2. The molecule has 8 nitrogen and oxygen atoms in total. The Hall–Kier alpha value is -1.93. The van der Waals surface area contributed by atoms with Gasteiger partial charge < -0.3 is 24.1 Å². The fourth-order valence-corrected chi connectivity index (χ4v) is 3.73. The Kier molecular flexibility index (Phi) is 8.49. The summed E-state index contributed by atoms with van der Waals surface area (Å²) in [5.41, 5.74) is 0.230. The lowest BCUT2D eigenvalue weighted by Crippen LogP contribution is -2.37. The number of ether oxygens (including phenoxy) is 2. The predicted octanol–water partition coefficient (Wildman–Crippen LogP) is 2.67. The Bertz CT molecular complexity index is 650. The minimum absolute atomic E-state index is 0.0641. The molecule has 2 fully saturated rings. The molecule has 3 rings (SSSR count). The summed E-state index contributed by atoms with van der Waals surface area (Å²) in [6.07, 6.45) is 8.96. The maximum Gasteiger partial charge on any atom is 0.273 e. The lowest BCUT2D eigenvalue weighted by atomic mass is 10.1. The summed E-state index contributed by atoms with van der Waals surface area (Å²) in [6, 6.07) is 0. The van der Waals surface area contributed by atoms with Gasteiger partial charge in [-0.25, -0.2) is 4.98 Å². The molecule has 1 N–H and O–H groups in total. The van der Waals surface area contributed by atoms with Gasteiger partial charge in [0.2, 0.25) is 11.8 Å². The second-order valence-corrected chi connectivity index (χ2v) is 7.84. The number of hydrogen-bond acceptors (Lipinski definition) is 6. The Balaban J connectivity index is 1.54. The second kappa shape index (κ2) is 11.3. The van der Waals surface area contributed by atoms with Crippen LogP contribution in [0.1, 0.15) is 74.7 Å². The van der Waals surface area contributed by atoms with Crippen LogP contribution < -0.4 is 5.32 Å². The van der Waals surface area contributed by atoms with Gasteiger partial charge in [-0.2, -0.15) is 0 Å². The van der Waals surface area contributed by atoms with Crippen LogP contribution >= 0.6 is 0 Å². The van der Waals surface area contributed by atoms with Crippen LogP contribution in [0.4, 0.5) is 0 Å². The average Bonchev–Trinajstić information content (AvgIpc) is 3.48. The van der Waals surface area contributed by atoms with Crippen molar-refractivity contribution in [2.45, 2.75) is 77.0 Å². The Morgan fingerprint density at radius 1 is 1.17 bits per heavy atom. The van der Waals surface area contributed by atoms with Crippen LogP contribution in [-0.2, 0) is 20.8 Å². The number of aromatic nitrogens is 1. The molecule has 2 amide bonds. The van der Waals surface area contributed by atoms with E-state index in [1.54, 1.807) is 4.90 Å². The highest BCUT2D eigenvalue weighted by molar-refractivity contribution is 5.91. The number of oxazole rings is 1. The van der Waals surface area contributed by atoms with Crippen molar-refractivity contribution >= 4 is 11.8 Å². The SMILES string of the molecule is CCCCCC(=O)N(Cc1nc(C(=O)NCC2CCCO2)co1)CC1CCCO1. The van der Waals surface area contributed by atoms with Crippen LogP contribution in [0.5, 0.6) is 0 Å². The van der Waals surface area contributed by atoms with E-state index in [-0.39, 0.29) is 36.3 Å². The number of nitrogens with one attached hydrogen (secondary N) is 1. The molecule has 0 spiro atoms. The van der Waals surface area contributed by atoms with Gasteiger partial charge in [-0.1, -0.05) is 19.8 Å². The fourth-order valence-electron chi connectivity index (χ4n) is 3.73. The van der Waals surface area contributed by atoms with Crippen LogP contribution in [0.3, 0.4) is 0 Å². The molecule has 29 heavy (non-hydrogen) atoms. The number of nitrogens with zero attached hydrogens (tertiary/aromatic N) is 2. The lowest BCUT2D eigenvalue weighted by Gasteiger charge is -2.24. The van der Waals surface area contributed by atoms with Crippen molar-refractivity contribution in [1.29, 1.82) is 0 Å². The molecule has 0 bridgehead atoms. The summed E-state index contributed by atoms with van der Waals surface area (Å²) in [7, 11) is 0. The van der Waals surface area contributed by atoms with Gasteiger partial charge in [0.05, 0.1) is 18.8 Å². The molecule has 8 heteroatoms. The van der Waals surface area contributed by atoms with Gasteiger partial charge in [-0.15, -0.1) is 0 Å². The van der Waals surface area contributed by atoms with Gasteiger partial charge in [-0.05, 0) is 32.1 Å². The third kappa shape index (κ3) is 6.82. The smallest absolute Gasteiger partial charge is 0.273 e. The third-order valence-electron chi connectivity index (χ3n) is 5.42. The van der Waals surface area contributed by atoms with Gasteiger partial charge >= 0.3 is 0 Å². The van der Waals surface area contributed by atoms with Crippen molar-refractivity contribution in [3.63, 3.8) is 0 Å². The molecule has 2 aliphatic heterocycles. The minimum Gasteiger partial charge on any atom is -0.446 e. The van der Waals surface area contributed by atoms with Crippen molar-refractivity contribution in [3.8, 4) is 0 Å². The molecule has 162 valence electrons. The first kappa shape index (κ1) is 21.8. The zero-order valence-corrected chi connectivity index (χ0v) is 17.4. The van der Waals surface area contributed by atoms with E-state index < -0.39 is 0 Å². The summed E-state index contributed by atoms with van der Waals surface area (Å²) in [4.78, 5) is 31.1. The molecular weight excluding hydrogens is 374 g/mol. The standard InChI is InChI=1S/C21H33N3O5/c1-2-3-4-9-20(25)24(13-17-8-6-11-28-17)14-19-23-18(15-29-19)21(26)22-12-16-7-5-10-27-16/h15-17H,2-14H2,1H3,(H,22,26). The molecule has 2 aliphatic rings. The molecule has 2 atom stereocenters. The molecule has 2 unspecified atom stereocenters.